The summed E-state index contributed by atoms with van der Waals surface area (Å²) in [5, 5.41) is 12.6. The van der Waals surface area contributed by atoms with E-state index < -0.39 is 0 Å². The summed E-state index contributed by atoms with van der Waals surface area (Å²) in [5.41, 5.74) is 1.92. The Bertz CT molecular complexity index is 602. The Kier molecular flexibility index (Phi) is 3.78. The van der Waals surface area contributed by atoms with Gasteiger partial charge in [0.2, 0.25) is 5.13 Å². The van der Waals surface area contributed by atoms with Crippen molar-refractivity contribution in [3.05, 3.63) is 40.4 Å². The predicted molar refractivity (Wildman–Crippen MR) is 80.3 cm³/mol. The number of hydrogen-bond acceptors (Lipinski definition) is 4. The Labute approximate surface area is 122 Å². The van der Waals surface area contributed by atoms with Gasteiger partial charge in [-0.05, 0) is 37.0 Å². The van der Waals surface area contributed by atoms with Crippen molar-refractivity contribution in [2.45, 2.75) is 38.5 Å². The molecule has 2 aromatic rings. The van der Waals surface area contributed by atoms with Crippen LogP contribution >= 0.6 is 11.3 Å². The lowest BCUT2D eigenvalue weighted by Gasteiger charge is -2.03. The summed E-state index contributed by atoms with van der Waals surface area (Å²) >= 11 is 1.48. The van der Waals surface area contributed by atoms with Gasteiger partial charge in [0.15, 0.2) is 0 Å². The van der Waals surface area contributed by atoms with Crippen molar-refractivity contribution >= 4 is 22.4 Å². The van der Waals surface area contributed by atoms with Gasteiger partial charge < -0.3 is 0 Å². The molecule has 0 saturated heterocycles. The van der Waals surface area contributed by atoms with Crippen molar-refractivity contribution < 1.29 is 4.79 Å². The molecule has 1 aliphatic rings. The zero-order chi connectivity index (χ0) is 13.9. The van der Waals surface area contributed by atoms with Crippen molar-refractivity contribution in [2.75, 3.05) is 5.32 Å². The molecule has 0 bridgehead atoms. The van der Waals surface area contributed by atoms with Gasteiger partial charge in [-0.1, -0.05) is 36.8 Å². The first-order valence-corrected chi connectivity index (χ1v) is 7.81. The van der Waals surface area contributed by atoms with E-state index in [1.54, 1.807) is 0 Å². The van der Waals surface area contributed by atoms with Crippen LogP contribution in [0.5, 0.6) is 0 Å². The molecule has 1 aliphatic carbocycles. The quantitative estimate of drug-likeness (QED) is 0.913. The number of aromatic nitrogens is 2. The number of nitrogens with zero attached hydrogens (tertiary/aromatic N) is 2. The van der Waals surface area contributed by atoms with E-state index in [1.807, 2.05) is 24.3 Å². The van der Waals surface area contributed by atoms with Crippen molar-refractivity contribution in [3.63, 3.8) is 0 Å². The molecule has 4 nitrogen and oxygen atoms in total. The Morgan fingerprint density at radius 3 is 2.70 bits per heavy atom. The number of benzene rings is 1. The molecule has 1 aromatic heterocycles. The van der Waals surface area contributed by atoms with Crippen LogP contribution < -0.4 is 5.32 Å². The molecular formula is C15H17N3OS. The van der Waals surface area contributed by atoms with E-state index in [-0.39, 0.29) is 5.91 Å². The van der Waals surface area contributed by atoms with Crippen molar-refractivity contribution in [2.24, 2.45) is 0 Å². The van der Waals surface area contributed by atoms with Crippen LogP contribution in [-0.4, -0.2) is 16.1 Å². The number of rotatable bonds is 5. The van der Waals surface area contributed by atoms with Gasteiger partial charge in [0.05, 0.1) is 0 Å². The van der Waals surface area contributed by atoms with Gasteiger partial charge in [-0.25, -0.2) is 0 Å². The fourth-order valence-electron chi connectivity index (χ4n) is 2.06. The van der Waals surface area contributed by atoms with E-state index >= 15 is 0 Å². The predicted octanol–water partition coefficient (Wildman–Crippen LogP) is 3.62. The van der Waals surface area contributed by atoms with Gasteiger partial charge in [0, 0.05) is 11.5 Å². The number of carbonyl (C=O) groups is 1. The van der Waals surface area contributed by atoms with Crippen molar-refractivity contribution in [1.82, 2.24) is 10.2 Å². The molecule has 1 heterocycles. The summed E-state index contributed by atoms with van der Waals surface area (Å²) in [4.78, 5) is 12.1. The van der Waals surface area contributed by atoms with Crippen LogP contribution in [0.1, 0.15) is 53.0 Å². The van der Waals surface area contributed by atoms with Gasteiger partial charge >= 0.3 is 0 Å². The molecule has 0 unspecified atom stereocenters. The van der Waals surface area contributed by atoms with Gasteiger partial charge in [-0.2, -0.15) is 0 Å². The Hall–Kier alpha value is -1.75. The lowest BCUT2D eigenvalue weighted by molar-refractivity contribution is 0.102. The third kappa shape index (κ3) is 3.04. The summed E-state index contributed by atoms with van der Waals surface area (Å²) in [6.45, 7) is 2.15. The fourth-order valence-corrected chi connectivity index (χ4v) is 2.97. The first-order chi connectivity index (χ1) is 9.76. The molecule has 1 saturated carbocycles. The largest absolute Gasteiger partial charge is 0.296 e. The maximum Gasteiger partial charge on any atom is 0.257 e. The monoisotopic (exact) mass is 287 g/mol. The highest BCUT2D eigenvalue weighted by Crippen LogP contribution is 2.42. The minimum absolute atomic E-state index is 0.119. The lowest BCUT2D eigenvalue weighted by atomic mass is 10.1. The highest BCUT2D eigenvalue weighted by molar-refractivity contribution is 7.15. The van der Waals surface area contributed by atoms with Crippen LogP contribution in [0, 0.1) is 0 Å². The minimum Gasteiger partial charge on any atom is -0.296 e. The third-order valence-corrected chi connectivity index (χ3v) is 4.34. The summed E-state index contributed by atoms with van der Waals surface area (Å²) in [6.07, 6.45) is 4.55. The summed E-state index contributed by atoms with van der Waals surface area (Å²) in [7, 11) is 0. The molecule has 1 aromatic carbocycles. The summed E-state index contributed by atoms with van der Waals surface area (Å²) in [6, 6.07) is 7.74. The number of anilines is 1. The van der Waals surface area contributed by atoms with E-state index in [1.165, 1.54) is 29.7 Å². The first kappa shape index (κ1) is 13.2. The first-order valence-electron chi connectivity index (χ1n) is 7.00. The van der Waals surface area contributed by atoms with Crippen LogP contribution in [0.3, 0.4) is 0 Å². The van der Waals surface area contributed by atoms with Crippen LogP contribution in [0.2, 0.25) is 0 Å². The molecule has 0 radical (unpaired) electrons. The van der Waals surface area contributed by atoms with Gasteiger partial charge in [0.25, 0.3) is 5.91 Å². The van der Waals surface area contributed by atoms with Gasteiger partial charge in [-0.15, -0.1) is 10.2 Å². The van der Waals surface area contributed by atoms with Crippen LogP contribution in [0.15, 0.2) is 24.3 Å². The maximum absolute atomic E-state index is 12.1. The zero-order valence-corrected chi connectivity index (χ0v) is 12.2. The minimum atomic E-state index is -0.119. The van der Waals surface area contributed by atoms with Crippen LogP contribution in [-0.2, 0) is 6.42 Å². The van der Waals surface area contributed by atoms with Crippen LogP contribution in [0.25, 0.3) is 0 Å². The van der Waals surface area contributed by atoms with Gasteiger partial charge in [-0.3, -0.25) is 10.1 Å². The molecule has 0 spiro atoms. The van der Waals surface area contributed by atoms with Crippen molar-refractivity contribution in [1.29, 1.82) is 0 Å². The van der Waals surface area contributed by atoms with E-state index in [9.17, 15) is 4.79 Å². The molecule has 1 fully saturated rings. The topological polar surface area (TPSA) is 54.9 Å². The average Bonchev–Trinajstić information content (AvgIpc) is 3.21. The number of hydrogen-bond donors (Lipinski definition) is 1. The number of aryl methyl sites for hydroxylation is 1. The lowest BCUT2D eigenvalue weighted by Crippen LogP contribution is -2.11. The van der Waals surface area contributed by atoms with Crippen LogP contribution in [0.4, 0.5) is 5.13 Å². The molecular weight excluding hydrogens is 270 g/mol. The highest BCUT2D eigenvalue weighted by Gasteiger charge is 2.27. The third-order valence-electron chi connectivity index (χ3n) is 3.34. The molecule has 1 amide bonds. The normalized spacial score (nSPS) is 14.2. The molecule has 0 aliphatic heterocycles. The van der Waals surface area contributed by atoms with E-state index in [2.05, 4.69) is 22.4 Å². The molecule has 3 rings (SSSR count). The van der Waals surface area contributed by atoms with Gasteiger partial charge in [0.1, 0.15) is 5.01 Å². The Morgan fingerprint density at radius 2 is 2.05 bits per heavy atom. The highest BCUT2D eigenvalue weighted by atomic mass is 32.1. The van der Waals surface area contributed by atoms with E-state index in [4.69, 9.17) is 0 Å². The molecule has 104 valence electrons. The summed E-state index contributed by atoms with van der Waals surface area (Å²) in [5.74, 6) is 0.457. The second kappa shape index (κ2) is 5.71. The Morgan fingerprint density at radius 1 is 1.30 bits per heavy atom. The van der Waals surface area contributed by atoms with E-state index in [0.29, 0.717) is 16.6 Å². The SMILES string of the molecule is CCCc1ccc(C(=O)Nc2nnc(C3CC3)s2)cc1. The standard InChI is InChI=1S/C15H17N3OS/c1-2-3-10-4-6-11(7-5-10)13(19)16-15-18-17-14(20-15)12-8-9-12/h4-7,12H,2-3,8-9H2,1H3,(H,16,18,19). The molecule has 20 heavy (non-hydrogen) atoms. The number of amides is 1. The van der Waals surface area contributed by atoms with E-state index in [0.717, 1.165) is 17.8 Å². The van der Waals surface area contributed by atoms with Crippen molar-refractivity contribution in [3.8, 4) is 0 Å². The maximum atomic E-state index is 12.1. The average molecular weight is 287 g/mol. The number of carbonyl (C=O) groups excluding carboxylic acids is 1. The second-order valence-electron chi connectivity index (χ2n) is 5.12. The molecule has 1 N–H and O–H groups in total. The molecule has 0 atom stereocenters. The Balaban J connectivity index is 1.65. The molecule has 5 heteroatoms. The second-order valence-corrected chi connectivity index (χ2v) is 6.13. The smallest absolute Gasteiger partial charge is 0.257 e. The fraction of sp³-hybridized carbons (Fsp3) is 0.400. The zero-order valence-electron chi connectivity index (χ0n) is 11.4. The summed E-state index contributed by atoms with van der Waals surface area (Å²) < 4.78 is 0. The number of nitrogens with one attached hydrogen (secondary N) is 1.